The molecule has 0 radical (unpaired) electrons. The van der Waals surface area contributed by atoms with Gasteiger partial charge < -0.3 is 0 Å². The first kappa shape index (κ1) is 10.4. The average molecular weight is 371 g/mol. The predicted octanol–water partition coefficient (Wildman–Crippen LogP) is 5.16. The number of hydrogen-bond acceptors (Lipinski definition) is 1. The van der Waals surface area contributed by atoms with Crippen molar-refractivity contribution in [1.29, 1.82) is 0 Å². The third kappa shape index (κ3) is 2.48. The van der Waals surface area contributed by atoms with Crippen LogP contribution in [0.25, 0.3) is 0 Å². The van der Waals surface area contributed by atoms with Crippen molar-refractivity contribution in [2.45, 2.75) is 38.0 Å². The lowest BCUT2D eigenvalue weighted by Gasteiger charge is -2.21. The van der Waals surface area contributed by atoms with E-state index in [1.165, 1.54) is 38.8 Å². The molecule has 0 unspecified atom stereocenters. The van der Waals surface area contributed by atoms with Crippen molar-refractivity contribution in [3.05, 3.63) is 18.3 Å². The Balaban J connectivity index is 2.18. The summed E-state index contributed by atoms with van der Waals surface area (Å²) in [6.07, 6.45) is 7.07. The van der Waals surface area contributed by atoms with Crippen molar-refractivity contribution in [2.75, 3.05) is 0 Å². The molecule has 2 rings (SSSR count). The quantitative estimate of drug-likeness (QED) is 0.598. The molecule has 1 heterocycles. The minimum atomic E-state index is 0.836. The standard InChI is InChI=1S/C10H12BrIS/c11-10-8(6-9(12)13-10)7-4-2-1-3-5-7/h6-7H,1-5H2. The summed E-state index contributed by atoms with van der Waals surface area (Å²) in [7, 11) is 0. The summed E-state index contributed by atoms with van der Waals surface area (Å²) in [5, 5.41) is 0. The summed E-state index contributed by atoms with van der Waals surface area (Å²) in [6.45, 7) is 0. The fraction of sp³-hybridized carbons (Fsp3) is 0.600. The fourth-order valence-corrected chi connectivity index (χ4v) is 5.61. The summed E-state index contributed by atoms with van der Waals surface area (Å²) in [6, 6.07) is 2.35. The van der Waals surface area contributed by atoms with E-state index in [1.807, 2.05) is 11.3 Å². The monoisotopic (exact) mass is 370 g/mol. The Morgan fingerprint density at radius 3 is 2.54 bits per heavy atom. The topological polar surface area (TPSA) is 0 Å². The molecule has 0 aromatic carbocycles. The van der Waals surface area contributed by atoms with Crippen LogP contribution in [-0.2, 0) is 0 Å². The highest BCUT2D eigenvalue weighted by molar-refractivity contribution is 14.1. The van der Waals surface area contributed by atoms with Crippen LogP contribution >= 0.6 is 49.9 Å². The van der Waals surface area contributed by atoms with E-state index in [1.54, 1.807) is 5.56 Å². The van der Waals surface area contributed by atoms with Crippen LogP contribution in [0, 0.1) is 2.88 Å². The Labute approximate surface area is 105 Å². The highest BCUT2D eigenvalue weighted by Crippen LogP contribution is 2.40. The summed E-state index contributed by atoms with van der Waals surface area (Å²) in [5.41, 5.74) is 1.56. The van der Waals surface area contributed by atoms with Crippen LogP contribution in [-0.4, -0.2) is 0 Å². The molecule has 0 spiro atoms. The summed E-state index contributed by atoms with van der Waals surface area (Å²) >= 11 is 7.94. The molecule has 0 amide bonds. The van der Waals surface area contributed by atoms with Crippen molar-refractivity contribution in [2.24, 2.45) is 0 Å². The van der Waals surface area contributed by atoms with Gasteiger partial charge in [-0.2, -0.15) is 0 Å². The fourth-order valence-electron chi connectivity index (χ4n) is 2.04. The van der Waals surface area contributed by atoms with Crippen LogP contribution in [0.15, 0.2) is 9.85 Å². The summed E-state index contributed by atoms with van der Waals surface area (Å²) in [5.74, 6) is 0.836. The molecule has 3 heteroatoms. The van der Waals surface area contributed by atoms with Crippen LogP contribution in [0.4, 0.5) is 0 Å². The highest BCUT2D eigenvalue weighted by Gasteiger charge is 2.19. The predicted molar refractivity (Wildman–Crippen MR) is 70.6 cm³/mol. The lowest BCUT2D eigenvalue weighted by molar-refractivity contribution is 0.443. The second-order valence-electron chi connectivity index (χ2n) is 3.61. The van der Waals surface area contributed by atoms with Gasteiger partial charge in [-0.3, -0.25) is 0 Å². The number of hydrogen-bond donors (Lipinski definition) is 0. The van der Waals surface area contributed by atoms with Crippen LogP contribution in [0.1, 0.15) is 43.6 Å². The Bertz CT molecular complexity index is 289. The van der Waals surface area contributed by atoms with Crippen LogP contribution in [0.5, 0.6) is 0 Å². The van der Waals surface area contributed by atoms with Crippen molar-refractivity contribution in [1.82, 2.24) is 0 Å². The Kier molecular flexibility index (Phi) is 3.71. The maximum atomic E-state index is 3.67. The molecule has 1 aliphatic rings. The maximum absolute atomic E-state index is 3.67. The second-order valence-corrected chi connectivity index (χ2v) is 7.88. The Morgan fingerprint density at radius 1 is 1.31 bits per heavy atom. The van der Waals surface area contributed by atoms with E-state index in [4.69, 9.17) is 0 Å². The number of thiophene rings is 1. The summed E-state index contributed by atoms with van der Waals surface area (Å²) in [4.78, 5) is 0. The third-order valence-corrected chi connectivity index (χ3v) is 5.37. The van der Waals surface area contributed by atoms with Crippen molar-refractivity contribution < 1.29 is 0 Å². The van der Waals surface area contributed by atoms with E-state index in [0.29, 0.717) is 0 Å². The van der Waals surface area contributed by atoms with Gasteiger partial charge in [0, 0.05) is 0 Å². The molecular weight excluding hydrogens is 359 g/mol. The van der Waals surface area contributed by atoms with Gasteiger partial charge >= 0.3 is 0 Å². The molecule has 1 aromatic heterocycles. The van der Waals surface area contributed by atoms with E-state index >= 15 is 0 Å². The van der Waals surface area contributed by atoms with Gasteiger partial charge in [0.05, 0.1) is 6.67 Å². The van der Waals surface area contributed by atoms with Gasteiger partial charge in [-0.1, -0.05) is 19.3 Å². The van der Waals surface area contributed by atoms with Gasteiger partial charge in [0.25, 0.3) is 0 Å². The molecule has 72 valence electrons. The molecule has 0 aliphatic heterocycles. The zero-order valence-corrected chi connectivity index (χ0v) is 11.9. The maximum Gasteiger partial charge on any atom is 0.0744 e. The smallest absolute Gasteiger partial charge is 0.0744 e. The van der Waals surface area contributed by atoms with Gasteiger partial charge in [0.15, 0.2) is 0 Å². The first-order chi connectivity index (χ1) is 6.27. The molecule has 0 bridgehead atoms. The lowest BCUT2D eigenvalue weighted by atomic mass is 9.85. The van der Waals surface area contributed by atoms with Gasteiger partial charge in [-0.05, 0) is 68.9 Å². The molecule has 0 nitrogen and oxygen atoms in total. The largest absolute Gasteiger partial charge is 0.122 e. The number of halogens is 2. The van der Waals surface area contributed by atoms with E-state index < -0.39 is 0 Å². The molecule has 0 saturated heterocycles. The first-order valence-electron chi connectivity index (χ1n) is 4.72. The number of rotatable bonds is 1. The van der Waals surface area contributed by atoms with Gasteiger partial charge in [-0.25, -0.2) is 0 Å². The Morgan fingerprint density at radius 2 is 2.00 bits per heavy atom. The Hall–Kier alpha value is 0.910. The lowest BCUT2D eigenvalue weighted by Crippen LogP contribution is -2.03. The van der Waals surface area contributed by atoms with Crippen LogP contribution < -0.4 is 0 Å². The van der Waals surface area contributed by atoms with E-state index in [9.17, 15) is 0 Å². The van der Waals surface area contributed by atoms with Crippen molar-refractivity contribution in [3.63, 3.8) is 0 Å². The van der Waals surface area contributed by atoms with E-state index in [2.05, 4.69) is 44.6 Å². The van der Waals surface area contributed by atoms with Crippen LogP contribution in [0.3, 0.4) is 0 Å². The van der Waals surface area contributed by atoms with Crippen molar-refractivity contribution in [3.8, 4) is 0 Å². The van der Waals surface area contributed by atoms with E-state index in [-0.39, 0.29) is 0 Å². The van der Waals surface area contributed by atoms with E-state index in [0.717, 1.165) is 5.92 Å². The van der Waals surface area contributed by atoms with Crippen LogP contribution in [0.2, 0.25) is 0 Å². The molecule has 1 fully saturated rings. The van der Waals surface area contributed by atoms with Gasteiger partial charge in [0.2, 0.25) is 0 Å². The second kappa shape index (κ2) is 4.62. The highest BCUT2D eigenvalue weighted by atomic mass is 127. The minimum Gasteiger partial charge on any atom is -0.122 e. The minimum absolute atomic E-state index is 0.836. The molecule has 1 saturated carbocycles. The molecular formula is C10H12BrIS. The normalized spacial score (nSPS) is 19.2. The van der Waals surface area contributed by atoms with Gasteiger partial charge in [-0.15, -0.1) is 11.3 Å². The molecule has 13 heavy (non-hydrogen) atoms. The average Bonchev–Trinajstić information content (AvgIpc) is 2.47. The molecule has 1 aromatic rings. The SMILES string of the molecule is Brc1sc(I)cc1C1CCCCC1. The molecule has 0 atom stereocenters. The van der Waals surface area contributed by atoms with Gasteiger partial charge in [0.1, 0.15) is 0 Å². The summed E-state index contributed by atoms with van der Waals surface area (Å²) < 4.78 is 2.77. The molecule has 0 N–H and O–H groups in total. The van der Waals surface area contributed by atoms with Crippen molar-refractivity contribution >= 4 is 49.9 Å². The zero-order chi connectivity index (χ0) is 9.26. The first-order valence-corrected chi connectivity index (χ1v) is 7.41. The molecule has 1 aliphatic carbocycles. The third-order valence-electron chi connectivity index (χ3n) is 2.73. The zero-order valence-electron chi connectivity index (χ0n) is 7.35.